The van der Waals surface area contributed by atoms with Gasteiger partial charge in [-0.25, -0.2) is 0 Å². The van der Waals surface area contributed by atoms with E-state index in [1.54, 1.807) is 0 Å². The van der Waals surface area contributed by atoms with Crippen LogP contribution < -0.4 is 0 Å². The Bertz CT molecular complexity index is 189. The summed E-state index contributed by atoms with van der Waals surface area (Å²) in [5.41, 5.74) is 2.81. The molecule has 0 aromatic rings. The van der Waals surface area contributed by atoms with Gasteiger partial charge in [-0.3, -0.25) is 0 Å². The maximum absolute atomic E-state index is 4.05. The van der Waals surface area contributed by atoms with E-state index in [1.807, 2.05) is 0 Å². The highest BCUT2D eigenvalue weighted by atomic mass is 14.2. The first-order valence-corrected chi connectivity index (χ1v) is 5.30. The van der Waals surface area contributed by atoms with Crippen LogP contribution in [0.5, 0.6) is 0 Å². The van der Waals surface area contributed by atoms with Crippen molar-refractivity contribution in [2.75, 3.05) is 0 Å². The van der Waals surface area contributed by atoms with Crippen molar-refractivity contribution in [2.24, 2.45) is 11.8 Å². The van der Waals surface area contributed by atoms with E-state index >= 15 is 0 Å². The lowest BCUT2D eigenvalue weighted by Crippen LogP contribution is -2.08. The second kappa shape index (κ2) is 6.07. The molecule has 1 heteroatoms. The van der Waals surface area contributed by atoms with Crippen LogP contribution in [0.25, 0.3) is 0 Å². The molecule has 0 aliphatic carbocycles. The Morgan fingerprint density at radius 1 is 1.38 bits per heavy atom. The molecule has 13 heavy (non-hydrogen) atoms. The van der Waals surface area contributed by atoms with Gasteiger partial charge < -0.3 is 0 Å². The molecule has 0 aromatic carbocycles. The smallest absolute Gasteiger partial charge is 0.113 e. The summed E-state index contributed by atoms with van der Waals surface area (Å²) in [6.07, 6.45) is 3.52. The third kappa shape index (κ3) is 4.97. The van der Waals surface area contributed by atoms with Gasteiger partial charge in [0.2, 0.25) is 0 Å². The van der Waals surface area contributed by atoms with E-state index in [-0.39, 0.29) is 0 Å². The molecule has 0 aromatic heterocycles. The minimum atomic E-state index is 0.654. The zero-order chi connectivity index (χ0) is 10.4. The molecule has 0 heterocycles. The highest BCUT2D eigenvalue weighted by molar-refractivity contribution is 6.43. The lowest BCUT2D eigenvalue weighted by Gasteiger charge is -2.19. The van der Waals surface area contributed by atoms with E-state index in [2.05, 4.69) is 47.2 Å². The Labute approximate surface area is 84.4 Å². The Morgan fingerprint density at radius 2 is 1.92 bits per heavy atom. The molecule has 0 saturated heterocycles. The standard InChI is InChI=1S/C12H23B/c1-9(2)12(10(3)4)8-7-11(5)13-6/h7,10,12-13H,1,8H2,2-6H3/b11-7+. The second-order valence-electron chi connectivity index (χ2n) is 4.34. The number of hydrogen-bond acceptors (Lipinski definition) is 0. The van der Waals surface area contributed by atoms with E-state index in [1.165, 1.54) is 18.3 Å². The van der Waals surface area contributed by atoms with Crippen LogP contribution in [0.15, 0.2) is 23.7 Å². The molecule has 0 radical (unpaired) electrons. The molecule has 0 N–H and O–H groups in total. The van der Waals surface area contributed by atoms with Crippen molar-refractivity contribution >= 4 is 7.28 Å². The van der Waals surface area contributed by atoms with Gasteiger partial charge in [-0.2, -0.15) is 0 Å². The van der Waals surface area contributed by atoms with Gasteiger partial charge in [0, 0.05) is 0 Å². The molecule has 0 aliphatic rings. The van der Waals surface area contributed by atoms with Gasteiger partial charge in [0.1, 0.15) is 7.28 Å². The fourth-order valence-corrected chi connectivity index (χ4v) is 1.51. The second-order valence-corrected chi connectivity index (χ2v) is 4.34. The van der Waals surface area contributed by atoms with Gasteiger partial charge in [0.25, 0.3) is 0 Å². The average molecular weight is 178 g/mol. The van der Waals surface area contributed by atoms with E-state index in [4.69, 9.17) is 0 Å². The molecule has 0 fully saturated rings. The van der Waals surface area contributed by atoms with Crippen LogP contribution in [0.2, 0.25) is 6.82 Å². The molecular weight excluding hydrogens is 155 g/mol. The minimum absolute atomic E-state index is 0.654. The third-order valence-corrected chi connectivity index (χ3v) is 2.72. The normalized spacial score (nSPS) is 14.5. The summed E-state index contributed by atoms with van der Waals surface area (Å²) < 4.78 is 0. The number of hydrogen-bond donors (Lipinski definition) is 0. The van der Waals surface area contributed by atoms with Crippen LogP contribution in [-0.4, -0.2) is 7.28 Å². The van der Waals surface area contributed by atoms with Gasteiger partial charge in [-0.1, -0.05) is 45.8 Å². The summed E-state index contributed by atoms with van der Waals surface area (Å²) in [5.74, 6) is 1.36. The molecular formula is C12H23B. The third-order valence-electron chi connectivity index (χ3n) is 2.72. The Hall–Kier alpha value is -0.455. The van der Waals surface area contributed by atoms with E-state index in [0.717, 1.165) is 6.42 Å². The molecule has 74 valence electrons. The Morgan fingerprint density at radius 3 is 2.23 bits per heavy atom. The molecule has 1 unspecified atom stereocenters. The lowest BCUT2D eigenvalue weighted by molar-refractivity contribution is 0.448. The highest BCUT2D eigenvalue weighted by Gasteiger charge is 2.11. The lowest BCUT2D eigenvalue weighted by atomic mass is 9.72. The number of allylic oxidation sites excluding steroid dienone is 3. The Kier molecular flexibility index (Phi) is 5.86. The molecule has 0 rings (SSSR count). The van der Waals surface area contributed by atoms with Gasteiger partial charge >= 0.3 is 0 Å². The summed E-state index contributed by atoms with van der Waals surface area (Å²) in [4.78, 5) is 0. The monoisotopic (exact) mass is 178 g/mol. The number of rotatable bonds is 5. The first kappa shape index (κ1) is 12.5. The van der Waals surface area contributed by atoms with Gasteiger partial charge in [0.15, 0.2) is 0 Å². The first-order chi connectivity index (χ1) is 5.99. The van der Waals surface area contributed by atoms with Crippen LogP contribution in [0.4, 0.5) is 0 Å². The molecule has 0 saturated carbocycles. The van der Waals surface area contributed by atoms with Crippen LogP contribution in [0.1, 0.15) is 34.1 Å². The molecule has 0 nitrogen and oxygen atoms in total. The van der Waals surface area contributed by atoms with Crippen LogP contribution >= 0.6 is 0 Å². The van der Waals surface area contributed by atoms with Crippen molar-refractivity contribution in [3.05, 3.63) is 23.7 Å². The Balaban J connectivity index is 4.20. The van der Waals surface area contributed by atoms with Crippen molar-refractivity contribution in [1.82, 2.24) is 0 Å². The van der Waals surface area contributed by atoms with Gasteiger partial charge in [0.05, 0.1) is 0 Å². The summed E-state index contributed by atoms with van der Waals surface area (Å²) in [7, 11) is 1.17. The maximum Gasteiger partial charge on any atom is 0.148 e. The van der Waals surface area contributed by atoms with Crippen molar-refractivity contribution < 1.29 is 0 Å². The summed E-state index contributed by atoms with van der Waals surface area (Å²) in [6, 6.07) is 0. The van der Waals surface area contributed by atoms with E-state index in [9.17, 15) is 0 Å². The van der Waals surface area contributed by atoms with Gasteiger partial charge in [-0.15, -0.1) is 5.47 Å². The SMILES string of the molecule is C=C(C)C(C/C=C(\C)BC)C(C)C. The van der Waals surface area contributed by atoms with Gasteiger partial charge in [-0.05, 0) is 25.2 Å². The zero-order valence-electron chi connectivity index (χ0n) is 9.85. The molecule has 0 bridgehead atoms. The predicted octanol–water partition coefficient (Wildman–Crippen LogP) is 3.61. The fourth-order valence-electron chi connectivity index (χ4n) is 1.51. The quantitative estimate of drug-likeness (QED) is 0.445. The summed E-state index contributed by atoms with van der Waals surface area (Å²) >= 11 is 0. The van der Waals surface area contributed by atoms with E-state index in [0.29, 0.717) is 11.8 Å². The minimum Gasteiger partial charge on any atom is -0.113 e. The van der Waals surface area contributed by atoms with Crippen molar-refractivity contribution in [2.45, 2.75) is 40.9 Å². The van der Waals surface area contributed by atoms with Crippen LogP contribution in [0, 0.1) is 11.8 Å². The van der Waals surface area contributed by atoms with E-state index < -0.39 is 0 Å². The topological polar surface area (TPSA) is 0 Å². The van der Waals surface area contributed by atoms with Crippen molar-refractivity contribution in [3.8, 4) is 0 Å². The van der Waals surface area contributed by atoms with Crippen LogP contribution in [-0.2, 0) is 0 Å². The summed E-state index contributed by atoms with van der Waals surface area (Å²) in [6.45, 7) is 15.1. The molecule has 0 spiro atoms. The molecule has 0 aliphatic heterocycles. The highest BCUT2D eigenvalue weighted by Crippen LogP contribution is 2.23. The van der Waals surface area contributed by atoms with Crippen molar-refractivity contribution in [1.29, 1.82) is 0 Å². The predicted molar refractivity (Wildman–Crippen MR) is 64.5 cm³/mol. The fraction of sp³-hybridized carbons (Fsp3) is 0.667. The molecule has 0 amide bonds. The first-order valence-electron chi connectivity index (χ1n) is 5.30. The zero-order valence-corrected chi connectivity index (χ0v) is 9.85. The van der Waals surface area contributed by atoms with Crippen molar-refractivity contribution in [3.63, 3.8) is 0 Å². The maximum atomic E-state index is 4.05. The molecule has 1 atom stereocenters. The van der Waals surface area contributed by atoms with Crippen LogP contribution in [0.3, 0.4) is 0 Å². The summed E-state index contributed by atoms with van der Waals surface area (Å²) in [5, 5.41) is 0. The largest absolute Gasteiger partial charge is 0.148 e. The average Bonchev–Trinajstić information content (AvgIpc) is 2.03.